The summed E-state index contributed by atoms with van der Waals surface area (Å²) >= 11 is 12.7. The lowest BCUT2D eigenvalue weighted by Gasteiger charge is -2.37. The first-order chi connectivity index (χ1) is 18.4. The van der Waals surface area contributed by atoms with E-state index in [1.165, 1.54) is 4.90 Å². The van der Waals surface area contributed by atoms with Crippen molar-refractivity contribution >= 4 is 52.8 Å². The molecule has 1 heterocycles. The predicted octanol–water partition coefficient (Wildman–Crippen LogP) is 2.97. The third-order valence-electron chi connectivity index (χ3n) is 8.03. The molecule has 2 saturated carbocycles. The van der Waals surface area contributed by atoms with E-state index in [1.807, 2.05) is 0 Å². The molecule has 0 aromatic carbocycles. The minimum absolute atomic E-state index is 0.0508. The van der Waals surface area contributed by atoms with Gasteiger partial charge < -0.3 is 26.0 Å². The summed E-state index contributed by atoms with van der Waals surface area (Å²) in [6, 6.07) is -3.75. The van der Waals surface area contributed by atoms with E-state index in [0.29, 0.717) is 33.1 Å². The van der Waals surface area contributed by atoms with Crippen molar-refractivity contribution in [2.24, 2.45) is 23.5 Å². The molecule has 3 aliphatic rings. The molecule has 0 radical (unpaired) electrons. The van der Waals surface area contributed by atoms with E-state index in [4.69, 9.17) is 28.9 Å². The molecule has 40 heavy (non-hydrogen) atoms. The van der Waals surface area contributed by atoms with Crippen molar-refractivity contribution in [2.75, 3.05) is 6.54 Å². The van der Waals surface area contributed by atoms with Crippen LogP contribution in [0, 0.1) is 17.8 Å². The second-order valence-corrected chi connectivity index (χ2v) is 12.7. The number of fused-ring (bicyclic) bond motifs is 1. The van der Waals surface area contributed by atoms with Crippen LogP contribution >= 0.6 is 23.2 Å². The van der Waals surface area contributed by atoms with Gasteiger partial charge in [-0.1, -0.05) is 32.6 Å². The molecule has 1 aliphatic heterocycles. The maximum Gasteiger partial charge on any atom is 0.427 e. The number of halogens is 5. The molecule has 0 spiro atoms. The number of hydrogen-bond donors (Lipinski definition) is 3. The molecule has 1 unspecified atom stereocenters. The molecule has 10 nitrogen and oxygen atoms in total. The number of nitrogens with one attached hydrogen (secondary N) is 2. The second kappa shape index (κ2) is 11.9. The highest BCUT2D eigenvalue weighted by atomic mass is 35.5. The fourth-order valence-corrected chi connectivity index (χ4v) is 6.42. The van der Waals surface area contributed by atoms with Crippen LogP contribution in [0.1, 0.15) is 65.7 Å². The largest absolute Gasteiger partial charge is 0.434 e. The average Bonchev–Trinajstić information content (AvgIpc) is 3.18. The number of nitrogens with zero attached hydrogens (tertiary/aromatic N) is 1. The molecule has 4 N–H and O–H groups in total. The van der Waals surface area contributed by atoms with Crippen molar-refractivity contribution in [1.29, 1.82) is 0 Å². The van der Waals surface area contributed by atoms with E-state index in [1.54, 1.807) is 6.92 Å². The summed E-state index contributed by atoms with van der Waals surface area (Å²) in [7, 11) is 0. The van der Waals surface area contributed by atoms with Gasteiger partial charge in [0.2, 0.25) is 23.2 Å². The molecule has 1 saturated heterocycles. The van der Waals surface area contributed by atoms with Crippen LogP contribution in [0.3, 0.4) is 0 Å². The smallest absolute Gasteiger partial charge is 0.427 e. The molecule has 3 rings (SSSR count). The zero-order chi connectivity index (χ0) is 30.2. The zero-order valence-electron chi connectivity index (χ0n) is 22.5. The number of rotatable bonds is 10. The first kappa shape index (κ1) is 32.2. The standard InChI is InChI=1S/C25H35Cl2F3N4O6/c1-4-8-14(18(35)19(31)36)32-20(37)17-15-13(24(15,26)27)11-34(17)21(38)16(12-9-6-5-7-10-12)33-22(39)40-23(2,3)25(28,29)30/h12-17H,4-11H2,1-3H3,(H2,31,36)(H,32,37)(H,33,39)/t13-,14?,15-,16-,17-/m0/s1. The summed E-state index contributed by atoms with van der Waals surface area (Å²) in [5, 5.41) is 4.82. The number of nitrogens with two attached hydrogens (primary N) is 1. The van der Waals surface area contributed by atoms with Gasteiger partial charge in [-0.15, -0.1) is 23.2 Å². The number of ketones is 1. The zero-order valence-corrected chi connectivity index (χ0v) is 24.0. The fraction of sp³-hybridized carbons (Fsp3) is 0.800. The fourth-order valence-electron chi connectivity index (χ4n) is 5.59. The van der Waals surface area contributed by atoms with Gasteiger partial charge in [-0.3, -0.25) is 19.2 Å². The van der Waals surface area contributed by atoms with Gasteiger partial charge in [-0.25, -0.2) is 4.79 Å². The summed E-state index contributed by atoms with van der Waals surface area (Å²) in [4.78, 5) is 64.9. The van der Waals surface area contributed by atoms with Gasteiger partial charge in [0.1, 0.15) is 16.4 Å². The Morgan fingerprint density at radius 2 is 1.68 bits per heavy atom. The number of likely N-dealkylation sites (tertiary alicyclic amines) is 1. The Morgan fingerprint density at radius 1 is 1.07 bits per heavy atom. The minimum Gasteiger partial charge on any atom is -0.434 e. The van der Waals surface area contributed by atoms with Crippen LogP contribution in [-0.4, -0.2) is 75.3 Å². The van der Waals surface area contributed by atoms with Gasteiger partial charge in [0.05, 0.1) is 6.04 Å². The Morgan fingerprint density at radius 3 is 2.20 bits per heavy atom. The van der Waals surface area contributed by atoms with E-state index in [9.17, 15) is 37.1 Å². The topological polar surface area (TPSA) is 148 Å². The summed E-state index contributed by atoms with van der Waals surface area (Å²) < 4.78 is 43.3. The van der Waals surface area contributed by atoms with Crippen LogP contribution in [0.15, 0.2) is 0 Å². The van der Waals surface area contributed by atoms with E-state index in [2.05, 4.69) is 15.4 Å². The number of piperidine rings is 1. The number of carbonyl (C=O) groups is 5. The summed E-state index contributed by atoms with van der Waals surface area (Å²) in [5.74, 6) is -5.31. The van der Waals surface area contributed by atoms with Crippen molar-refractivity contribution in [2.45, 2.75) is 100.0 Å². The minimum atomic E-state index is -4.85. The van der Waals surface area contributed by atoms with Crippen molar-refractivity contribution in [3.8, 4) is 0 Å². The predicted molar refractivity (Wildman–Crippen MR) is 138 cm³/mol. The third kappa shape index (κ3) is 6.61. The number of ether oxygens (including phenoxy) is 1. The number of alkyl halides is 5. The molecule has 15 heteroatoms. The van der Waals surface area contributed by atoms with Crippen molar-refractivity contribution in [3.05, 3.63) is 0 Å². The molecule has 2 aliphatic carbocycles. The normalized spacial score (nSPS) is 25.8. The lowest BCUT2D eigenvalue weighted by Crippen LogP contribution is -2.60. The van der Waals surface area contributed by atoms with Crippen molar-refractivity contribution in [3.63, 3.8) is 0 Å². The highest BCUT2D eigenvalue weighted by Gasteiger charge is 2.74. The van der Waals surface area contributed by atoms with E-state index in [0.717, 1.165) is 19.3 Å². The first-order valence-electron chi connectivity index (χ1n) is 13.3. The van der Waals surface area contributed by atoms with Gasteiger partial charge in [0.15, 0.2) is 0 Å². The molecule has 0 aromatic rings. The number of carbonyl (C=O) groups excluding carboxylic acids is 5. The summed E-state index contributed by atoms with van der Waals surface area (Å²) in [6.07, 6.45) is -2.29. The summed E-state index contributed by atoms with van der Waals surface area (Å²) in [5.41, 5.74) is 2.31. The quantitative estimate of drug-likeness (QED) is 0.254. The van der Waals surface area contributed by atoms with Gasteiger partial charge in [-0.2, -0.15) is 13.2 Å². The molecule has 4 amide bonds. The van der Waals surface area contributed by atoms with Gasteiger partial charge in [0.25, 0.3) is 5.91 Å². The third-order valence-corrected chi connectivity index (χ3v) is 9.09. The number of primary amides is 1. The highest BCUT2D eigenvalue weighted by Crippen LogP contribution is 2.65. The average molecular weight is 615 g/mol. The molecule has 5 atom stereocenters. The Balaban J connectivity index is 1.86. The van der Waals surface area contributed by atoms with Gasteiger partial charge in [0, 0.05) is 18.4 Å². The number of amides is 4. The van der Waals surface area contributed by atoms with Crippen LogP contribution in [0.2, 0.25) is 0 Å². The van der Waals surface area contributed by atoms with E-state index < -0.39 is 81.6 Å². The molecule has 0 bridgehead atoms. The maximum atomic E-state index is 13.9. The monoisotopic (exact) mass is 614 g/mol. The number of alkyl carbamates (subject to hydrolysis) is 1. The first-order valence-corrected chi connectivity index (χ1v) is 14.1. The SMILES string of the molecule is CCCC(NC(=O)[C@@H]1[C@@H]2[C@H](CN1C(=O)[C@@H](NC(=O)OC(C)(C)C(F)(F)F)C1CCCCC1)C2(Cl)Cl)C(=O)C(N)=O. The van der Waals surface area contributed by atoms with Gasteiger partial charge >= 0.3 is 12.3 Å². The maximum absolute atomic E-state index is 13.9. The number of hydrogen-bond acceptors (Lipinski definition) is 6. The Labute approximate surface area is 240 Å². The van der Waals surface area contributed by atoms with Crippen molar-refractivity contribution in [1.82, 2.24) is 15.5 Å². The Hall–Kier alpha value is -2.28. The Bertz CT molecular complexity index is 1030. The molecule has 226 valence electrons. The lowest BCUT2D eigenvalue weighted by molar-refractivity contribution is -0.244. The second-order valence-electron chi connectivity index (χ2n) is 11.2. The highest BCUT2D eigenvalue weighted by molar-refractivity contribution is 6.51. The summed E-state index contributed by atoms with van der Waals surface area (Å²) in [6.45, 7) is 3.07. The van der Waals surface area contributed by atoms with Gasteiger partial charge in [-0.05, 0) is 39.0 Å². The van der Waals surface area contributed by atoms with Crippen LogP contribution in [0.25, 0.3) is 0 Å². The number of Topliss-reactive ketones (excluding diaryl/α,β-unsaturated/α-hetero) is 1. The van der Waals surface area contributed by atoms with Crippen LogP contribution < -0.4 is 16.4 Å². The molecular weight excluding hydrogens is 580 g/mol. The Kier molecular flexibility index (Phi) is 9.60. The van der Waals surface area contributed by atoms with Crippen LogP contribution in [-0.2, 0) is 23.9 Å². The van der Waals surface area contributed by atoms with Crippen LogP contribution in [0.4, 0.5) is 18.0 Å². The van der Waals surface area contributed by atoms with Crippen LogP contribution in [0.5, 0.6) is 0 Å². The van der Waals surface area contributed by atoms with E-state index in [-0.39, 0.29) is 13.0 Å². The molecule has 0 aromatic heterocycles. The van der Waals surface area contributed by atoms with Crippen molar-refractivity contribution < 1.29 is 41.9 Å². The molecule has 3 fully saturated rings. The van der Waals surface area contributed by atoms with E-state index >= 15 is 0 Å². The molecular formula is C25H35Cl2F3N4O6. The lowest BCUT2D eigenvalue weighted by atomic mass is 9.83.